The van der Waals surface area contributed by atoms with Gasteiger partial charge in [-0.3, -0.25) is 9.59 Å². The van der Waals surface area contributed by atoms with Crippen LogP contribution in [0.15, 0.2) is 59.6 Å². The molecule has 0 aliphatic carbocycles. The number of halogens is 2. The lowest BCUT2D eigenvalue weighted by Gasteiger charge is -2.38. The van der Waals surface area contributed by atoms with Crippen molar-refractivity contribution in [3.05, 3.63) is 87.7 Å². The number of imidazole rings is 1. The summed E-state index contributed by atoms with van der Waals surface area (Å²) in [4.78, 5) is 37.5. The third kappa shape index (κ3) is 4.27. The van der Waals surface area contributed by atoms with Crippen LogP contribution in [0.1, 0.15) is 58.7 Å². The molecule has 1 atom stereocenters. The smallest absolute Gasteiger partial charge is 0.282 e. The summed E-state index contributed by atoms with van der Waals surface area (Å²) >= 11 is 3.51. The van der Waals surface area contributed by atoms with Crippen LogP contribution < -0.4 is 0 Å². The summed E-state index contributed by atoms with van der Waals surface area (Å²) in [7, 11) is 0. The van der Waals surface area contributed by atoms with Gasteiger partial charge in [0, 0.05) is 42.5 Å². The molecule has 0 unspecified atom stereocenters. The van der Waals surface area contributed by atoms with Gasteiger partial charge in [-0.2, -0.15) is 5.10 Å². The lowest BCUT2D eigenvalue weighted by atomic mass is 9.94. The minimum absolute atomic E-state index is 0.158. The number of hydrogen-bond acceptors (Lipinski definition) is 4. The molecule has 1 N–H and O–H groups in total. The number of benzene rings is 2. The Balaban J connectivity index is 1.44. The van der Waals surface area contributed by atoms with E-state index in [0.29, 0.717) is 36.4 Å². The topological polar surface area (TPSA) is 87.1 Å². The Kier molecular flexibility index (Phi) is 6.37. The first-order valence-electron chi connectivity index (χ1n) is 13.0. The molecule has 4 aromatic rings. The number of carbonyl (C=O) groups excluding carboxylic acids is 2. The highest BCUT2D eigenvalue weighted by atomic mass is 79.9. The normalized spacial score (nSPS) is 16.9. The number of nitrogens with zero attached hydrogens (tertiary/aromatic N) is 5. The van der Waals surface area contributed by atoms with Crippen molar-refractivity contribution in [2.75, 3.05) is 19.6 Å². The van der Waals surface area contributed by atoms with Gasteiger partial charge in [0.25, 0.3) is 11.8 Å². The van der Waals surface area contributed by atoms with Crippen molar-refractivity contribution < 1.29 is 14.0 Å². The molecule has 6 rings (SSSR count). The zero-order chi connectivity index (χ0) is 27.4. The van der Waals surface area contributed by atoms with E-state index >= 15 is 0 Å². The molecule has 200 valence electrons. The number of rotatable bonds is 4. The fourth-order valence-electron chi connectivity index (χ4n) is 5.73. The Morgan fingerprint density at radius 3 is 2.62 bits per heavy atom. The molecule has 2 amide bonds. The number of aromatic nitrogens is 4. The fraction of sp³-hybridized carbons (Fsp3) is 0.310. The van der Waals surface area contributed by atoms with Crippen LogP contribution in [-0.2, 0) is 17.6 Å². The maximum absolute atomic E-state index is 14.1. The molecule has 0 fully saturated rings. The number of fused-ring (bicyclic) bond motifs is 1. The van der Waals surface area contributed by atoms with Gasteiger partial charge in [-0.15, -0.1) is 0 Å². The van der Waals surface area contributed by atoms with Crippen LogP contribution in [0.4, 0.5) is 4.39 Å². The number of H-pyrrole nitrogens is 1. The molecule has 8 nitrogen and oxygen atoms in total. The van der Waals surface area contributed by atoms with Crippen LogP contribution >= 0.6 is 15.9 Å². The summed E-state index contributed by atoms with van der Waals surface area (Å²) < 4.78 is 16.7. The molecular formula is C29H28BrFN6O2. The highest BCUT2D eigenvalue weighted by Crippen LogP contribution is 2.38. The summed E-state index contributed by atoms with van der Waals surface area (Å²) in [6.45, 7) is 8.41. The van der Waals surface area contributed by atoms with Crippen molar-refractivity contribution in [3.63, 3.8) is 0 Å². The molecule has 0 radical (unpaired) electrons. The Morgan fingerprint density at radius 1 is 1.13 bits per heavy atom. The quantitative estimate of drug-likeness (QED) is 0.329. The maximum atomic E-state index is 14.1. The first kappa shape index (κ1) is 25.5. The molecule has 2 aliphatic heterocycles. The zero-order valence-corrected chi connectivity index (χ0v) is 23.3. The average Bonchev–Trinajstić information content (AvgIpc) is 3.52. The first-order valence-corrected chi connectivity index (χ1v) is 13.8. The number of nitrogens with one attached hydrogen (secondary N) is 1. The van der Waals surface area contributed by atoms with Gasteiger partial charge in [0.1, 0.15) is 5.52 Å². The van der Waals surface area contributed by atoms with Crippen LogP contribution in [0.5, 0.6) is 0 Å². The van der Waals surface area contributed by atoms with Crippen molar-refractivity contribution in [1.82, 2.24) is 29.5 Å². The number of amides is 2. The molecule has 39 heavy (non-hydrogen) atoms. The molecule has 2 aromatic heterocycles. The van der Waals surface area contributed by atoms with Gasteiger partial charge in [-0.05, 0) is 51.7 Å². The Hall–Kier alpha value is -3.79. The summed E-state index contributed by atoms with van der Waals surface area (Å²) in [6, 6.07) is 11.5. The monoisotopic (exact) mass is 590 g/mol. The second-order valence-corrected chi connectivity index (χ2v) is 11.2. The molecule has 0 saturated carbocycles. The van der Waals surface area contributed by atoms with E-state index in [1.54, 1.807) is 17.3 Å². The van der Waals surface area contributed by atoms with E-state index in [2.05, 4.69) is 70.6 Å². The average molecular weight is 591 g/mol. The van der Waals surface area contributed by atoms with Gasteiger partial charge in [-0.1, -0.05) is 32.6 Å². The minimum atomic E-state index is -1.01. The van der Waals surface area contributed by atoms with E-state index < -0.39 is 17.8 Å². The third-order valence-electron chi connectivity index (χ3n) is 7.75. The van der Waals surface area contributed by atoms with Crippen molar-refractivity contribution >= 4 is 38.8 Å². The summed E-state index contributed by atoms with van der Waals surface area (Å²) in [5.41, 5.74) is 6.76. The van der Waals surface area contributed by atoms with Gasteiger partial charge < -0.3 is 14.8 Å². The van der Waals surface area contributed by atoms with E-state index in [-0.39, 0.29) is 19.0 Å². The number of carbonyl (C=O) groups is 2. The van der Waals surface area contributed by atoms with Gasteiger partial charge in [0.15, 0.2) is 5.83 Å². The van der Waals surface area contributed by atoms with Gasteiger partial charge >= 0.3 is 0 Å². The van der Waals surface area contributed by atoms with Crippen LogP contribution in [-0.4, -0.2) is 61.0 Å². The zero-order valence-electron chi connectivity index (χ0n) is 21.7. The Labute approximate surface area is 233 Å². The predicted octanol–water partition coefficient (Wildman–Crippen LogP) is 5.24. The minimum Gasteiger partial charge on any atom is -0.344 e. The second-order valence-electron chi connectivity index (χ2n) is 10.4. The lowest BCUT2D eigenvalue weighted by Crippen LogP contribution is -2.46. The van der Waals surface area contributed by atoms with Crippen molar-refractivity contribution in [3.8, 4) is 5.69 Å². The highest BCUT2D eigenvalue weighted by Gasteiger charge is 2.41. The van der Waals surface area contributed by atoms with Crippen molar-refractivity contribution in [2.45, 2.75) is 38.6 Å². The standard InChI is InChI=1S/C29H28BrFN6O2/c1-16(2)18-4-6-19(7-5-18)37-23-11-13-36(29(39)20-8-9-21(30)27-26(20)32-15-33-27)24-14-35(28(38)17(3)31)12-10-22(34-37)25(23)24/h4-9,15-16,24H,3,10-14H2,1-2H3,(H,32,33)/t24-/m0/s1. The largest absolute Gasteiger partial charge is 0.344 e. The summed E-state index contributed by atoms with van der Waals surface area (Å²) in [5.74, 6) is -1.53. The predicted molar refractivity (Wildman–Crippen MR) is 149 cm³/mol. The highest BCUT2D eigenvalue weighted by molar-refractivity contribution is 9.10. The van der Waals surface area contributed by atoms with E-state index in [9.17, 15) is 14.0 Å². The van der Waals surface area contributed by atoms with Crippen LogP contribution in [0.3, 0.4) is 0 Å². The van der Waals surface area contributed by atoms with E-state index in [1.165, 1.54) is 10.5 Å². The maximum Gasteiger partial charge on any atom is 0.282 e. The van der Waals surface area contributed by atoms with E-state index in [1.807, 2.05) is 10.7 Å². The van der Waals surface area contributed by atoms with Crippen LogP contribution in [0.2, 0.25) is 0 Å². The third-order valence-corrected chi connectivity index (χ3v) is 8.41. The van der Waals surface area contributed by atoms with Crippen molar-refractivity contribution in [1.29, 1.82) is 0 Å². The molecular weight excluding hydrogens is 563 g/mol. The molecule has 2 aromatic carbocycles. The first-order chi connectivity index (χ1) is 18.7. The summed E-state index contributed by atoms with van der Waals surface area (Å²) in [6.07, 6.45) is 2.62. The molecule has 0 spiro atoms. The number of hydrogen-bond donors (Lipinski definition) is 1. The van der Waals surface area contributed by atoms with Crippen molar-refractivity contribution in [2.24, 2.45) is 0 Å². The second kappa shape index (κ2) is 9.75. The van der Waals surface area contributed by atoms with Gasteiger partial charge in [0.2, 0.25) is 0 Å². The number of aromatic amines is 1. The van der Waals surface area contributed by atoms with Gasteiger partial charge in [-0.25, -0.2) is 14.1 Å². The lowest BCUT2D eigenvalue weighted by molar-refractivity contribution is -0.129. The molecule has 2 aliphatic rings. The van der Waals surface area contributed by atoms with Gasteiger partial charge in [0.05, 0.1) is 40.5 Å². The SMILES string of the molecule is C=C(F)C(=O)N1CCc2nn(-c3ccc(C(C)C)cc3)c3c2[C@H](C1)N(C(=O)c1ccc(Br)c2[nH]cnc12)CC3. The summed E-state index contributed by atoms with van der Waals surface area (Å²) in [5, 5.41) is 4.98. The molecule has 4 heterocycles. The molecule has 0 saturated heterocycles. The fourth-order valence-corrected chi connectivity index (χ4v) is 6.17. The van der Waals surface area contributed by atoms with E-state index in [0.717, 1.165) is 32.6 Å². The Morgan fingerprint density at radius 2 is 1.90 bits per heavy atom. The van der Waals surface area contributed by atoms with E-state index in [4.69, 9.17) is 5.10 Å². The Bertz CT molecular complexity index is 1620. The van der Waals surface area contributed by atoms with Crippen LogP contribution in [0, 0.1) is 0 Å². The molecule has 10 heteroatoms. The molecule has 0 bridgehead atoms. The van der Waals surface area contributed by atoms with Crippen LogP contribution in [0.25, 0.3) is 16.7 Å².